The van der Waals surface area contributed by atoms with E-state index in [1.807, 2.05) is 18.2 Å². The summed E-state index contributed by atoms with van der Waals surface area (Å²) in [4.78, 5) is 8.56. The molecule has 0 saturated carbocycles. The molecule has 2 aromatic rings. The van der Waals surface area contributed by atoms with Crippen LogP contribution in [-0.4, -0.2) is 9.97 Å². The van der Waals surface area contributed by atoms with E-state index < -0.39 is 0 Å². The first-order chi connectivity index (χ1) is 7.31. The van der Waals surface area contributed by atoms with Gasteiger partial charge in [-0.25, -0.2) is 9.97 Å². The van der Waals surface area contributed by atoms with Crippen molar-refractivity contribution >= 4 is 12.6 Å². The van der Waals surface area contributed by atoms with Gasteiger partial charge in [0.1, 0.15) is 5.82 Å². The first kappa shape index (κ1) is 10.2. The molecule has 1 aromatic carbocycles. The van der Waals surface area contributed by atoms with Crippen LogP contribution in [0.5, 0.6) is 0 Å². The third-order valence-corrected chi connectivity index (χ3v) is 2.55. The summed E-state index contributed by atoms with van der Waals surface area (Å²) in [7, 11) is 0. The number of aryl methyl sites for hydroxylation is 1. The van der Waals surface area contributed by atoms with Gasteiger partial charge in [-0.05, 0) is 18.6 Å². The van der Waals surface area contributed by atoms with Crippen LogP contribution in [0.1, 0.15) is 11.4 Å². The van der Waals surface area contributed by atoms with Gasteiger partial charge < -0.3 is 0 Å². The van der Waals surface area contributed by atoms with E-state index in [1.165, 1.54) is 5.56 Å². The van der Waals surface area contributed by atoms with Gasteiger partial charge in [0.15, 0.2) is 0 Å². The molecule has 0 radical (unpaired) electrons. The summed E-state index contributed by atoms with van der Waals surface area (Å²) in [6.07, 6.45) is 1.78. The second-order valence-corrected chi connectivity index (χ2v) is 3.65. The minimum Gasteiger partial charge on any atom is -0.240 e. The van der Waals surface area contributed by atoms with Crippen LogP contribution in [0.25, 0.3) is 11.3 Å². The Morgan fingerprint density at radius 1 is 1.20 bits per heavy atom. The van der Waals surface area contributed by atoms with E-state index in [4.69, 9.17) is 0 Å². The summed E-state index contributed by atoms with van der Waals surface area (Å²) in [5, 5.41) is 0. The van der Waals surface area contributed by atoms with Crippen molar-refractivity contribution in [3.8, 4) is 11.3 Å². The van der Waals surface area contributed by atoms with Crippen LogP contribution < -0.4 is 0 Å². The van der Waals surface area contributed by atoms with Crippen LogP contribution in [0.3, 0.4) is 0 Å². The van der Waals surface area contributed by atoms with E-state index in [9.17, 15) is 0 Å². The third-order valence-electron chi connectivity index (χ3n) is 2.27. The first-order valence-corrected chi connectivity index (χ1v) is 5.43. The van der Waals surface area contributed by atoms with Crippen molar-refractivity contribution in [3.63, 3.8) is 0 Å². The Kier molecular flexibility index (Phi) is 3.02. The van der Waals surface area contributed by atoms with Gasteiger partial charge in [0.2, 0.25) is 0 Å². The van der Waals surface area contributed by atoms with Crippen LogP contribution in [0, 0.1) is 6.92 Å². The smallest absolute Gasteiger partial charge is 0.138 e. The van der Waals surface area contributed by atoms with Crippen LogP contribution >= 0.6 is 12.6 Å². The monoisotopic (exact) mass is 216 g/mol. The maximum Gasteiger partial charge on any atom is 0.138 e. The highest BCUT2D eigenvalue weighted by molar-refractivity contribution is 7.79. The van der Waals surface area contributed by atoms with Crippen molar-refractivity contribution in [2.75, 3.05) is 0 Å². The van der Waals surface area contributed by atoms with Gasteiger partial charge in [-0.1, -0.05) is 24.3 Å². The molecular formula is C12H12N2S. The Labute approximate surface area is 94.8 Å². The lowest BCUT2D eigenvalue weighted by Gasteiger charge is -2.05. The first-order valence-electron chi connectivity index (χ1n) is 4.80. The van der Waals surface area contributed by atoms with Crippen molar-refractivity contribution in [1.82, 2.24) is 9.97 Å². The Hall–Kier alpha value is -1.35. The molecule has 1 heterocycles. The van der Waals surface area contributed by atoms with Crippen LogP contribution in [0.15, 0.2) is 36.5 Å². The van der Waals surface area contributed by atoms with E-state index >= 15 is 0 Å². The van der Waals surface area contributed by atoms with Gasteiger partial charge >= 0.3 is 0 Å². The molecule has 0 spiro atoms. The lowest BCUT2D eigenvalue weighted by atomic mass is 10.1. The van der Waals surface area contributed by atoms with Gasteiger partial charge in [-0.3, -0.25) is 0 Å². The highest BCUT2D eigenvalue weighted by atomic mass is 32.1. The van der Waals surface area contributed by atoms with Crippen LogP contribution in [-0.2, 0) is 5.75 Å². The standard InChI is InChI=1S/C12H12N2S/c1-9-4-2-3-5-10(9)11-6-7-13-12(8-15)14-11/h2-7,15H,8H2,1H3. The second kappa shape index (κ2) is 4.45. The fraction of sp³-hybridized carbons (Fsp3) is 0.167. The molecule has 0 N–H and O–H groups in total. The topological polar surface area (TPSA) is 25.8 Å². The van der Waals surface area contributed by atoms with Crippen molar-refractivity contribution in [3.05, 3.63) is 47.9 Å². The zero-order valence-electron chi connectivity index (χ0n) is 8.51. The molecule has 76 valence electrons. The van der Waals surface area contributed by atoms with Crippen molar-refractivity contribution < 1.29 is 0 Å². The van der Waals surface area contributed by atoms with Crippen molar-refractivity contribution in [1.29, 1.82) is 0 Å². The minimum absolute atomic E-state index is 0.569. The fourth-order valence-corrected chi connectivity index (χ4v) is 1.64. The second-order valence-electron chi connectivity index (χ2n) is 3.33. The predicted octanol–water partition coefficient (Wildman–Crippen LogP) is 2.88. The van der Waals surface area contributed by atoms with E-state index in [2.05, 4.69) is 41.7 Å². The van der Waals surface area contributed by atoms with E-state index in [0.717, 1.165) is 17.1 Å². The molecular weight excluding hydrogens is 204 g/mol. The van der Waals surface area contributed by atoms with Crippen LogP contribution in [0.2, 0.25) is 0 Å². The van der Waals surface area contributed by atoms with E-state index in [1.54, 1.807) is 6.20 Å². The van der Waals surface area contributed by atoms with Gasteiger partial charge in [0.05, 0.1) is 11.4 Å². The summed E-state index contributed by atoms with van der Waals surface area (Å²) in [5.74, 6) is 1.33. The highest BCUT2D eigenvalue weighted by Gasteiger charge is 2.03. The molecule has 0 saturated heterocycles. The number of nitrogens with zero attached hydrogens (tertiary/aromatic N) is 2. The van der Waals surface area contributed by atoms with Crippen LogP contribution in [0.4, 0.5) is 0 Å². The minimum atomic E-state index is 0.569. The molecule has 0 aliphatic heterocycles. The van der Waals surface area contributed by atoms with E-state index in [0.29, 0.717) is 5.75 Å². The number of hydrogen-bond donors (Lipinski definition) is 1. The van der Waals surface area contributed by atoms with Gasteiger partial charge in [-0.15, -0.1) is 0 Å². The van der Waals surface area contributed by atoms with Gasteiger partial charge in [0, 0.05) is 11.8 Å². The zero-order valence-corrected chi connectivity index (χ0v) is 9.41. The molecule has 0 atom stereocenters. The molecule has 0 aliphatic carbocycles. The number of benzene rings is 1. The summed E-state index contributed by atoms with van der Waals surface area (Å²) < 4.78 is 0. The lowest BCUT2D eigenvalue weighted by molar-refractivity contribution is 1.04. The average Bonchev–Trinajstić information content (AvgIpc) is 2.30. The highest BCUT2D eigenvalue weighted by Crippen LogP contribution is 2.20. The molecule has 0 fully saturated rings. The van der Waals surface area contributed by atoms with Gasteiger partial charge in [0.25, 0.3) is 0 Å². The zero-order chi connectivity index (χ0) is 10.7. The maximum atomic E-state index is 4.43. The largest absolute Gasteiger partial charge is 0.240 e. The Morgan fingerprint density at radius 3 is 2.73 bits per heavy atom. The predicted molar refractivity (Wildman–Crippen MR) is 64.9 cm³/mol. The Morgan fingerprint density at radius 2 is 2.00 bits per heavy atom. The molecule has 15 heavy (non-hydrogen) atoms. The Balaban J connectivity index is 2.49. The van der Waals surface area contributed by atoms with Gasteiger partial charge in [-0.2, -0.15) is 12.6 Å². The van der Waals surface area contributed by atoms with Crippen molar-refractivity contribution in [2.24, 2.45) is 0 Å². The molecule has 2 nitrogen and oxygen atoms in total. The molecule has 0 amide bonds. The summed E-state index contributed by atoms with van der Waals surface area (Å²) in [6, 6.07) is 10.1. The number of rotatable bonds is 2. The molecule has 0 unspecified atom stereocenters. The molecule has 3 heteroatoms. The maximum absolute atomic E-state index is 4.43. The fourth-order valence-electron chi connectivity index (χ4n) is 1.49. The average molecular weight is 216 g/mol. The summed E-state index contributed by atoms with van der Waals surface area (Å²) in [5.41, 5.74) is 3.34. The molecule has 2 rings (SSSR count). The quantitative estimate of drug-likeness (QED) is 0.781. The normalized spacial score (nSPS) is 10.3. The Bertz CT molecular complexity index is 469. The summed E-state index contributed by atoms with van der Waals surface area (Å²) in [6.45, 7) is 2.08. The lowest BCUT2D eigenvalue weighted by Crippen LogP contribution is -1.94. The SMILES string of the molecule is Cc1ccccc1-c1ccnc(CS)n1. The third kappa shape index (κ3) is 2.18. The summed E-state index contributed by atoms with van der Waals surface area (Å²) >= 11 is 4.17. The van der Waals surface area contributed by atoms with E-state index in [-0.39, 0.29) is 0 Å². The number of aromatic nitrogens is 2. The number of hydrogen-bond acceptors (Lipinski definition) is 3. The molecule has 0 bridgehead atoms. The number of thiol groups is 1. The van der Waals surface area contributed by atoms with Crippen molar-refractivity contribution in [2.45, 2.75) is 12.7 Å². The molecule has 1 aromatic heterocycles. The molecule has 0 aliphatic rings.